The zero-order valence-corrected chi connectivity index (χ0v) is 15.3. The van der Waals surface area contributed by atoms with Gasteiger partial charge in [-0.15, -0.1) is 0 Å². The normalized spacial score (nSPS) is 10.9. The lowest BCUT2D eigenvalue weighted by Crippen LogP contribution is -1.83. The Kier molecular flexibility index (Phi) is 13.4. The summed E-state index contributed by atoms with van der Waals surface area (Å²) in [5.74, 6) is 2.46. The molecule has 0 radical (unpaired) electrons. The van der Waals surface area contributed by atoms with E-state index in [1.54, 1.807) is 0 Å². The molecular weight excluding hydrogens is 292 g/mol. The van der Waals surface area contributed by atoms with Gasteiger partial charge in [-0.25, -0.2) is 0 Å². The van der Waals surface area contributed by atoms with Gasteiger partial charge in [-0.05, 0) is 12.0 Å². The van der Waals surface area contributed by atoms with Crippen LogP contribution in [0.25, 0.3) is 0 Å². The molecule has 1 rings (SSSR count). The van der Waals surface area contributed by atoms with E-state index < -0.39 is 0 Å². The lowest BCUT2D eigenvalue weighted by Gasteiger charge is -2.03. The third-order valence-corrected chi connectivity index (χ3v) is 6.16. The zero-order chi connectivity index (χ0) is 15.0. The monoisotopic (exact) mass is 324 g/mol. The van der Waals surface area contributed by atoms with Gasteiger partial charge >= 0.3 is 0 Å². The summed E-state index contributed by atoms with van der Waals surface area (Å²) in [5.41, 5.74) is 1.44. The van der Waals surface area contributed by atoms with Crippen LogP contribution in [-0.2, 0) is 5.75 Å². The van der Waals surface area contributed by atoms with Crippen molar-refractivity contribution in [1.29, 1.82) is 0 Å². The van der Waals surface area contributed by atoms with Crippen molar-refractivity contribution in [3.05, 3.63) is 35.9 Å². The second-order valence-corrected chi connectivity index (χ2v) is 8.33. The summed E-state index contributed by atoms with van der Waals surface area (Å²) in [4.78, 5) is 0. The zero-order valence-electron chi connectivity index (χ0n) is 13.7. The van der Waals surface area contributed by atoms with E-state index in [0.717, 1.165) is 5.75 Å². The van der Waals surface area contributed by atoms with Gasteiger partial charge in [0, 0.05) is 11.5 Å². The third-order valence-electron chi connectivity index (χ3n) is 3.73. The van der Waals surface area contributed by atoms with Gasteiger partial charge in [0.2, 0.25) is 0 Å². The van der Waals surface area contributed by atoms with Gasteiger partial charge in [-0.1, -0.05) is 117 Å². The maximum absolute atomic E-state index is 2.29. The Bertz CT molecular complexity index is 311. The molecule has 0 N–H and O–H groups in total. The topological polar surface area (TPSA) is 0 Å². The summed E-state index contributed by atoms with van der Waals surface area (Å²) in [6.45, 7) is 2.29. The van der Waals surface area contributed by atoms with Crippen LogP contribution in [0.3, 0.4) is 0 Å². The van der Waals surface area contributed by atoms with Crippen LogP contribution < -0.4 is 0 Å². The van der Waals surface area contributed by atoms with Crippen LogP contribution in [0.5, 0.6) is 0 Å². The van der Waals surface area contributed by atoms with E-state index >= 15 is 0 Å². The van der Waals surface area contributed by atoms with Gasteiger partial charge in [-0.2, -0.15) is 0 Å². The minimum atomic E-state index is 1.14. The van der Waals surface area contributed by atoms with E-state index in [0.29, 0.717) is 0 Å². The highest BCUT2D eigenvalue weighted by Gasteiger charge is 1.95. The first-order chi connectivity index (χ1) is 10.4. The Balaban J connectivity index is 1.75. The van der Waals surface area contributed by atoms with Gasteiger partial charge in [0.15, 0.2) is 0 Å². The molecule has 0 heterocycles. The van der Waals surface area contributed by atoms with Crippen molar-refractivity contribution in [3.8, 4) is 0 Å². The van der Waals surface area contributed by atoms with Crippen molar-refractivity contribution in [1.82, 2.24) is 0 Å². The second-order valence-electron chi connectivity index (χ2n) is 5.75. The van der Waals surface area contributed by atoms with E-state index in [9.17, 15) is 0 Å². The number of unbranched alkanes of at least 4 members (excludes halogenated alkanes) is 9. The highest BCUT2D eigenvalue weighted by molar-refractivity contribution is 8.76. The molecule has 0 spiro atoms. The van der Waals surface area contributed by atoms with Crippen molar-refractivity contribution in [2.45, 2.75) is 76.9 Å². The maximum Gasteiger partial charge on any atom is 0.0288 e. The molecule has 0 aliphatic carbocycles. The van der Waals surface area contributed by atoms with Crippen LogP contribution in [0.15, 0.2) is 30.3 Å². The van der Waals surface area contributed by atoms with Gasteiger partial charge in [0.1, 0.15) is 0 Å². The minimum Gasteiger partial charge on any atom is -0.0938 e. The van der Waals surface area contributed by atoms with Crippen molar-refractivity contribution >= 4 is 21.6 Å². The molecule has 0 atom stereocenters. The standard InChI is InChI=1S/C19H32S2/c1-2-3-4-5-6-7-8-9-10-14-17-20-21-18-19-15-12-11-13-16-19/h11-13,15-16H,2-10,14,17-18H2,1H3. The Hall–Kier alpha value is -0.0800. The molecule has 0 aliphatic heterocycles. The molecule has 0 bridgehead atoms. The maximum atomic E-state index is 2.29. The van der Waals surface area contributed by atoms with E-state index in [4.69, 9.17) is 0 Å². The van der Waals surface area contributed by atoms with Crippen LogP contribution in [0.2, 0.25) is 0 Å². The van der Waals surface area contributed by atoms with Crippen molar-refractivity contribution < 1.29 is 0 Å². The number of hydrogen-bond donors (Lipinski definition) is 0. The van der Waals surface area contributed by atoms with Gasteiger partial charge in [0.05, 0.1) is 0 Å². The summed E-state index contributed by atoms with van der Waals surface area (Å²) in [6, 6.07) is 10.8. The second kappa shape index (κ2) is 14.8. The molecule has 0 saturated heterocycles. The lowest BCUT2D eigenvalue weighted by molar-refractivity contribution is 0.563. The van der Waals surface area contributed by atoms with Gasteiger partial charge in [0.25, 0.3) is 0 Å². The predicted molar refractivity (Wildman–Crippen MR) is 102 cm³/mol. The highest BCUT2D eigenvalue weighted by atomic mass is 33.1. The molecule has 1 aromatic rings. The fourth-order valence-electron chi connectivity index (χ4n) is 2.39. The molecule has 21 heavy (non-hydrogen) atoms. The number of hydrogen-bond acceptors (Lipinski definition) is 2. The van der Waals surface area contributed by atoms with Crippen LogP contribution >= 0.6 is 21.6 Å². The first-order valence-corrected chi connectivity index (χ1v) is 11.2. The molecule has 1 aromatic carbocycles. The Morgan fingerprint density at radius 3 is 1.86 bits per heavy atom. The van der Waals surface area contributed by atoms with Crippen LogP contribution in [0.4, 0.5) is 0 Å². The van der Waals surface area contributed by atoms with E-state index in [1.165, 1.54) is 75.5 Å². The smallest absolute Gasteiger partial charge is 0.0288 e. The number of benzene rings is 1. The summed E-state index contributed by atoms with van der Waals surface area (Å²) in [5, 5.41) is 0. The van der Waals surface area contributed by atoms with E-state index in [1.807, 2.05) is 21.6 Å². The Morgan fingerprint density at radius 2 is 1.24 bits per heavy atom. The van der Waals surface area contributed by atoms with Crippen molar-refractivity contribution in [2.24, 2.45) is 0 Å². The SMILES string of the molecule is CCCCCCCCCCCCSSCc1ccccc1. The molecule has 0 amide bonds. The molecule has 0 saturated carbocycles. The van der Waals surface area contributed by atoms with E-state index in [2.05, 4.69) is 37.3 Å². The Labute approximate surface area is 140 Å². The fraction of sp³-hybridized carbons (Fsp3) is 0.684. The highest BCUT2D eigenvalue weighted by Crippen LogP contribution is 2.27. The molecular formula is C19H32S2. The van der Waals surface area contributed by atoms with Crippen molar-refractivity contribution in [2.75, 3.05) is 5.75 Å². The van der Waals surface area contributed by atoms with Crippen LogP contribution in [0, 0.1) is 0 Å². The summed E-state index contributed by atoms with van der Waals surface area (Å²) >= 11 is 0. The average Bonchev–Trinajstić information content (AvgIpc) is 2.53. The van der Waals surface area contributed by atoms with Crippen LogP contribution in [0.1, 0.15) is 76.7 Å². The molecule has 0 fully saturated rings. The van der Waals surface area contributed by atoms with Crippen molar-refractivity contribution in [3.63, 3.8) is 0 Å². The van der Waals surface area contributed by atoms with E-state index in [-0.39, 0.29) is 0 Å². The number of rotatable bonds is 14. The molecule has 0 aromatic heterocycles. The molecule has 0 aliphatic rings. The summed E-state index contributed by atoms with van der Waals surface area (Å²) < 4.78 is 0. The van der Waals surface area contributed by atoms with Crippen LogP contribution in [-0.4, -0.2) is 5.75 Å². The predicted octanol–water partition coefficient (Wildman–Crippen LogP) is 7.49. The fourth-order valence-corrected chi connectivity index (χ4v) is 4.61. The lowest BCUT2D eigenvalue weighted by atomic mass is 10.1. The largest absolute Gasteiger partial charge is 0.0938 e. The summed E-state index contributed by atoms with van der Waals surface area (Å²) in [7, 11) is 4.04. The van der Waals surface area contributed by atoms with Gasteiger partial charge < -0.3 is 0 Å². The Morgan fingerprint density at radius 1 is 0.667 bits per heavy atom. The third kappa shape index (κ3) is 12.2. The molecule has 0 nitrogen and oxygen atoms in total. The average molecular weight is 325 g/mol. The first-order valence-electron chi connectivity index (χ1n) is 8.72. The molecule has 2 heteroatoms. The molecule has 0 unspecified atom stereocenters. The minimum absolute atomic E-state index is 1.14. The quantitative estimate of drug-likeness (QED) is 0.257. The first kappa shape index (κ1) is 19.0. The summed E-state index contributed by atoms with van der Waals surface area (Å²) in [6.07, 6.45) is 14.3. The van der Waals surface area contributed by atoms with Gasteiger partial charge in [-0.3, -0.25) is 0 Å². The molecule has 120 valence electrons.